The molecule has 3 saturated carbocycles. The highest BCUT2D eigenvalue weighted by Crippen LogP contribution is 2.67. The summed E-state index contributed by atoms with van der Waals surface area (Å²) in [6.07, 6.45) is 8.81. The number of aliphatic hydroxyl groups is 2. The first-order chi connectivity index (χ1) is 18.0. The summed E-state index contributed by atoms with van der Waals surface area (Å²) in [5.74, 6) is 1.56. The standard InChI is InChI=1S/C32H43NO5/c1-6-28(35)32(36)13-11-25-24-17-21(3)26-18-22(33-38-15-14-37-23-9-7-8-20(2)16-23)10-12-30(26,4)29(24)27(34)19-31(25,32)5/h7-10,12,16,18,21,24-25,27,29,34,36H,6,11,13-15,17,19H2,1-5H3/b33-22+/t21-,24-,25-,27-,29+,30-,31-,32-/m0/s1. The highest BCUT2D eigenvalue weighted by atomic mass is 16.6. The molecule has 0 saturated heterocycles. The minimum atomic E-state index is -1.33. The zero-order chi connectivity index (χ0) is 27.3. The van der Waals surface area contributed by atoms with E-state index in [1.165, 1.54) is 5.57 Å². The molecule has 4 aliphatic rings. The summed E-state index contributed by atoms with van der Waals surface area (Å²) < 4.78 is 5.75. The monoisotopic (exact) mass is 521 g/mol. The van der Waals surface area contributed by atoms with E-state index in [-0.39, 0.29) is 29.0 Å². The van der Waals surface area contributed by atoms with Gasteiger partial charge in [0.25, 0.3) is 0 Å². The number of nitrogens with zero attached hydrogens (tertiary/aromatic N) is 1. The minimum absolute atomic E-state index is 0.0450. The molecule has 0 heterocycles. The van der Waals surface area contributed by atoms with Gasteiger partial charge < -0.3 is 19.8 Å². The van der Waals surface area contributed by atoms with Gasteiger partial charge >= 0.3 is 0 Å². The van der Waals surface area contributed by atoms with E-state index in [2.05, 4.69) is 38.1 Å². The predicted octanol–water partition coefficient (Wildman–Crippen LogP) is 5.41. The van der Waals surface area contributed by atoms with Crippen LogP contribution in [-0.4, -0.2) is 46.6 Å². The Morgan fingerprint density at radius 3 is 2.76 bits per heavy atom. The van der Waals surface area contributed by atoms with Gasteiger partial charge in [0, 0.05) is 23.2 Å². The molecule has 1 aromatic carbocycles. The molecule has 38 heavy (non-hydrogen) atoms. The topological polar surface area (TPSA) is 88.4 Å². The van der Waals surface area contributed by atoms with Crippen LogP contribution in [0.2, 0.25) is 0 Å². The zero-order valence-electron chi connectivity index (χ0n) is 23.4. The minimum Gasteiger partial charge on any atom is -0.490 e. The Morgan fingerprint density at radius 1 is 1.24 bits per heavy atom. The molecule has 206 valence electrons. The second-order valence-electron chi connectivity index (χ2n) is 12.5. The second kappa shape index (κ2) is 9.95. The van der Waals surface area contributed by atoms with Gasteiger partial charge in [0.15, 0.2) is 12.4 Å². The number of rotatable bonds is 7. The van der Waals surface area contributed by atoms with Crippen molar-refractivity contribution in [3.63, 3.8) is 0 Å². The van der Waals surface area contributed by atoms with Crippen LogP contribution in [0.1, 0.15) is 65.4 Å². The predicted molar refractivity (Wildman–Crippen MR) is 148 cm³/mol. The number of Topliss-reactive ketones (excluding diaryl/α,β-unsaturated/α-hetero) is 1. The van der Waals surface area contributed by atoms with Crippen molar-refractivity contribution in [3.8, 4) is 5.75 Å². The summed E-state index contributed by atoms with van der Waals surface area (Å²) in [7, 11) is 0. The number of ether oxygens (including phenoxy) is 1. The van der Waals surface area contributed by atoms with Crippen LogP contribution in [0.3, 0.4) is 0 Å². The number of hydrogen-bond donors (Lipinski definition) is 2. The molecule has 6 heteroatoms. The third-order valence-corrected chi connectivity index (χ3v) is 10.4. The third kappa shape index (κ3) is 4.24. The highest BCUT2D eigenvalue weighted by molar-refractivity contribution is 6.05. The molecule has 8 atom stereocenters. The normalized spacial score (nSPS) is 40.7. The zero-order valence-corrected chi connectivity index (χ0v) is 23.4. The van der Waals surface area contributed by atoms with Crippen LogP contribution in [0.4, 0.5) is 0 Å². The van der Waals surface area contributed by atoms with E-state index >= 15 is 0 Å². The van der Waals surface area contributed by atoms with E-state index in [1.54, 1.807) is 0 Å². The maximum atomic E-state index is 12.9. The Labute approximate surface area is 226 Å². The van der Waals surface area contributed by atoms with Crippen molar-refractivity contribution in [1.29, 1.82) is 0 Å². The first-order valence-corrected chi connectivity index (χ1v) is 14.3. The summed E-state index contributed by atoms with van der Waals surface area (Å²) in [5.41, 5.74) is 0.988. The summed E-state index contributed by atoms with van der Waals surface area (Å²) in [6, 6.07) is 7.93. The number of benzene rings is 1. The molecule has 0 aromatic heterocycles. The highest BCUT2D eigenvalue weighted by Gasteiger charge is 2.68. The number of aryl methyl sites for hydroxylation is 1. The lowest BCUT2D eigenvalue weighted by Crippen LogP contribution is -2.62. The van der Waals surface area contributed by atoms with Crippen molar-refractivity contribution in [2.24, 2.45) is 39.7 Å². The number of oxime groups is 1. The Morgan fingerprint density at radius 2 is 2.03 bits per heavy atom. The van der Waals surface area contributed by atoms with Gasteiger partial charge in [0.05, 0.1) is 6.10 Å². The molecule has 0 spiro atoms. The largest absolute Gasteiger partial charge is 0.490 e. The van der Waals surface area contributed by atoms with Crippen LogP contribution in [0.5, 0.6) is 5.75 Å². The Kier molecular flexibility index (Phi) is 7.10. The van der Waals surface area contributed by atoms with E-state index < -0.39 is 17.1 Å². The smallest absolute Gasteiger partial charge is 0.164 e. The van der Waals surface area contributed by atoms with E-state index in [1.807, 2.05) is 44.2 Å². The van der Waals surface area contributed by atoms with Crippen molar-refractivity contribution in [3.05, 3.63) is 53.6 Å². The number of aliphatic hydroxyl groups excluding tert-OH is 1. The Bertz CT molecular complexity index is 1170. The summed E-state index contributed by atoms with van der Waals surface area (Å²) in [4.78, 5) is 18.5. The molecular formula is C32H43NO5. The Balaban J connectivity index is 1.30. The fourth-order valence-corrected chi connectivity index (χ4v) is 8.59. The molecule has 0 bridgehead atoms. The van der Waals surface area contributed by atoms with Crippen LogP contribution in [0.15, 0.2) is 53.2 Å². The maximum Gasteiger partial charge on any atom is 0.164 e. The molecule has 0 unspecified atom stereocenters. The van der Waals surface area contributed by atoms with Gasteiger partial charge in [-0.05, 0) is 80.2 Å². The summed E-state index contributed by atoms with van der Waals surface area (Å²) >= 11 is 0. The average Bonchev–Trinajstić information content (AvgIpc) is 3.14. The number of ketones is 1. The maximum absolute atomic E-state index is 12.9. The SMILES string of the molecule is CCC(=O)[C@@]1(O)CC[C@H]2[C@@H]3C[C@H](C)C4=C/C(=N/OCCOc5cccc(C)c5)C=C[C@]4(C)[C@H]3[C@@H](O)C[C@@]21C. The number of allylic oxidation sites excluding steroid dienone is 4. The molecule has 3 fully saturated rings. The van der Waals surface area contributed by atoms with Gasteiger partial charge in [-0.1, -0.05) is 56.6 Å². The molecular weight excluding hydrogens is 478 g/mol. The van der Waals surface area contributed by atoms with Crippen molar-refractivity contribution in [1.82, 2.24) is 0 Å². The summed E-state index contributed by atoms with van der Waals surface area (Å²) in [6.45, 7) is 11.2. The van der Waals surface area contributed by atoms with Gasteiger partial charge in [0.2, 0.25) is 0 Å². The van der Waals surface area contributed by atoms with Crippen LogP contribution < -0.4 is 4.74 Å². The molecule has 0 radical (unpaired) electrons. The van der Waals surface area contributed by atoms with Crippen LogP contribution in [-0.2, 0) is 9.63 Å². The molecule has 0 aliphatic heterocycles. The molecule has 1 aromatic rings. The van der Waals surface area contributed by atoms with Gasteiger partial charge in [-0.2, -0.15) is 0 Å². The lowest BCUT2D eigenvalue weighted by atomic mass is 9.44. The van der Waals surface area contributed by atoms with Crippen molar-refractivity contribution < 1.29 is 24.6 Å². The number of hydrogen-bond acceptors (Lipinski definition) is 6. The first kappa shape index (κ1) is 27.1. The van der Waals surface area contributed by atoms with Gasteiger partial charge in [-0.15, -0.1) is 0 Å². The lowest BCUT2D eigenvalue weighted by molar-refractivity contribution is -0.178. The van der Waals surface area contributed by atoms with Crippen LogP contribution >= 0.6 is 0 Å². The first-order valence-electron chi connectivity index (χ1n) is 14.3. The molecule has 0 amide bonds. The Hall–Kier alpha value is -2.44. The van der Waals surface area contributed by atoms with Crippen molar-refractivity contribution in [2.75, 3.05) is 13.2 Å². The summed E-state index contributed by atoms with van der Waals surface area (Å²) in [5, 5.41) is 27.6. The molecule has 6 nitrogen and oxygen atoms in total. The van der Waals surface area contributed by atoms with Gasteiger partial charge in [-0.3, -0.25) is 4.79 Å². The quantitative estimate of drug-likeness (QED) is 0.370. The third-order valence-electron chi connectivity index (χ3n) is 10.4. The molecule has 2 N–H and O–H groups in total. The van der Waals surface area contributed by atoms with Crippen molar-refractivity contribution >= 4 is 11.5 Å². The molecule has 4 aliphatic carbocycles. The van der Waals surface area contributed by atoms with Crippen LogP contribution in [0, 0.1) is 41.4 Å². The van der Waals surface area contributed by atoms with E-state index in [4.69, 9.17) is 9.57 Å². The van der Waals surface area contributed by atoms with Crippen LogP contribution in [0.25, 0.3) is 0 Å². The fraction of sp³-hybridized carbons (Fsp3) is 0.625. The van der Waals surface area contributed by atoms with Gasteiger partial charge in [-0.25, -0.2) is 0 Å². The number of fused-ring (bicyclic) bond motifs is 5. The number of carbonyl (C=O) groups is 1. The molecule has 5 rings (SSSR count). The van der Waals surface area contributed by atoms with E-state index in [9.17, 15) is 15.0 Å². The lowest BCUT2D eigenvalue weighted by Gasteiger charge is -2.61. The average molecular weight is 522 g/mol. The van der Waals surface area contributed by atoms with E-state index in [0.29, 0.717) is 38.4 Å². The van der Waals surface area contributed by atoms with E-state index in [0.717, 1.165) is 29.9 Å². The second-order valence-corrected chi connectivity index (χ2v) is 12.5. The fourth-order valence-electron chi connectivity index (χ4n) is 8.59. The van der Waals surface area contributed by atoms with Gasteiger partial charge in [0.1, 0.15) is 23.7 Å². The van der Waals surface area contributed by atoms with Crippen molar-refractivity contribution in [2.45, 2.75) is 78.4 Å². The number of carbonyl (C=O) groups excluding carboxylic acids is 1.